The van der Waals surface area contributed by atoms with Gasteiger partial charge in [0.25, 0.3) is 0 Å². The van der Waals surface area contributed by atoms with Crippen LogP contribution in [0.4, 0.5) is 4.79 Å². The van der Waals surface area contributed by atoms with Crippen LogP contribution in [0.2, 0.25) is 0 Å². The molecule has 1 aliphatic carbocycles. The van der Waals surface area contributed by atoms with Crippen LogP contribution in [-0.4, -0.2) is 23.2 Å². The van der Waals surface area contributed by atoms with Crippen molar-refractivity contribution in [2.45, 2.75) is 31.2 Å². The van der Waals surface area contributed by atoms with E-state index >= 15 is 0 Å². The van der Waals surface area contributed by atoms with Gasteiger partial charge in [0.2, 0.25) is 0 Å². The predicted molar refractivity (Wildman–Crippen MR) is 74.4 cm³/mol. The van der Waals surface area contributed by atoms with Crippen molar-refractivity contribution in [2.75, 3.05) is 6.54 Å². The Hall–Kier alpha value is -1.81. The third kappa shape index (κ3) is 1.46. The van der Waals surface area contributed by atoms with E-state index < -0.39 is 6.03 Å². The highest BCUT2D eigenvalue weighted by atomic mass is 16.2. The molecule has 0 bridgehead atoms. The zero-order chi connectivity index (χ0) is 13.0. The zero-order valence-corrected chi connectivity index (χ0v) is 10.7. The fourth-order valence-electron chi connectivity index (χ4n) is 3.82. The summed E-state index contributed by atoms with van der Waals surface area (Å²) >= 11 is 0. The van der Waals surface area contributed by atoms with E-state index in [-0.39, 0.29) is 0 Å². The minimum atomic E-state index is -0.397. The molecule has 3 N–H and O–H groups in total. The molecular formula is C15H17N3O. The second-order valence-corrected chi connectivity index (χ2v) is 5.62. The van der Waals surface area contributed by atoms with E-state index in [1.165, 1.54) is 29.4 Å². The zero-order valence-electron chi connectivity index (χ0n) is 10.7. The first-order valence-electron chi connectivity index (χ1n) is 6.92. The lowest BCUT2D eigenvalue weighted by Crippen LogP contribution is -2.43. The third-order valence-electron chi connectivity index (χ3n) is 4.60. The van der Waals surface area contributed by atoms with Crippen LogP contribution in [0.3, 0.4) is 0 Å². The van der Waals surface area contributed by atoms with E-state index in [0.29, 0.717) is 12.0 Å². The molecule has 2 heterocycles. The standard InChI is InChI=1S/C15H17N3O/c16-15(19)18-8-9-7-12-10(4-2-6-17-12)11-3-1-5-13(18)14(9)11/h1,3,5,8,10,12,17H,2,4,6-7H2,(H2,16,19). The van der Waals surface area contributed by atoms with Gasteiger partial charge >= 0.3 is 6.03 Å². The van der Waals surface area contributed by atoms with Crippen molar-refractivity contribution in [2.24, 2.45) is 5.73 Å². The molecule has 1 amide bonds. The number of piperidine rings is 1. The van der Waals surface area contributed by atoms with Crippen LogP contribution in [0.15, 0.2) is 24.4 Å². The van der Waals surface area contributed by atoms with Gasteiger partial charge in [-0.1, -0.05) is 12.1 Å². The first-order valence-corrected chi connectivity index (χ1v) is 6.92. The Labute approximate surface area is 111 Å². The summed E-state index contributed by atoms with van der Waals surface area (Å²) in [6.07, 6.45) is 5.38. The Kier molecular flexibility index (Phi) is 2.23. The fraction of sp³-hybridized carbons (Fsp3) is 0.400. The predicted octanol–water partition coefficient (Wildman–Crippen LogP) is 1.96. The van der Waals surface area contributed by atoms with Crippen LogP contribution < -0.4 is 11.1 Å². The number of primary amides is 1. The molecule has 2 aromatic rings. The molecule has 4 rings (SSSR count). The third-order valence-corrected chi connectivity index (χ3v) is 4.60. The quantitative estimate of drug-likeness (QED) is 0.756. The number of fused-ring (bicyclic) bond motifs is 2. The van der Waals surface area contributed by atoms with Gasteiger partial charge in [-0.15, -0.1) is 0 Å². The van der Waals surface area contributed by atoms with Crippen LogP contribution in [0.25, 0.3) is 10.9 Å². The number of carbonyl (C=O) groups excluding carboxylic acids is 1. The van der Waals surface area contributed by atoms with Crippen molar-refractivity contribution in [3.63, 3.8) is 0 Å². The van der Waals surface area contributed by atoms with Crippen LogP contribution in [0.1, 0.15) is 29.9 Å². The Morgan fingerprint density at radius 1 is 1.42 bits per heavy atom. The summed E-state index contributed by atoms with van der Waals surface area (Å²) in [7, 11) is 0. The lowest BCUT2D eigenvalue weighted by atomic mass is 9.76. The van der Waals surface area contributed by atoms with E-state index in [4.69, 9.17) is 5.73 Å². The van der Waals surface area contributed by atoms with Crippen LogP contribution in [0, 0.1) is 0 Å². The average molecular weight is 255 g/mol. The largest absolute Gasteiger partial charge is 0.351 e. The number of rotatable bonds is 0. The summed E-state index contributed by atoms with van der Waals surface area (Å²) in [6.45, 7) is 1.10. The highest BCUT2D eigenvalue weighted by molar-refractivity contribution is 5.96. The van der Waals surface area contributed by atoms with Gasteiger partial charge in [0.15, 0.2) is 0 Å². The molecule has 1 aliphatic heterocycles. The van der Waals surface area contributed by atoms with Gasteiger partial charge in [0.1, 0.15) is 0 Å². The van der Waals surface area contributed by atoms with Crippen LogP contribution in [0.5, 0.6) is 0 Å². The molecule has 0 saturated carbocycles. The first kappa shape index (κ1) is 11.1. The van der Waals surface area contributed by atoms with Gasteiger partial charge in [-0.2, -0.15) is 0 Å². The monoisotopic (exact) mass is 255 g/mol. The summed E-state index contributed by atoms with van der Waals surface area (Å²) in [5, 5.41) is 4.87. The molecule has 0 spiro atoms. The number of aromatic nitrogens is 1. The van der Waals surface area contributed by atoms with Crippen LogP contribution in [-0.2, 0) is 6.42 Å². The molecule has 2 aliphatic rings. The van der Waals surface area contributed by atoms with Crippen molar-refractivity contribution in [1.82, 2.24) is 9.88 Å². The normalized spacial score (nSPS) is 25.3. The number of hydrogen-bond acceptors (Lipinski definition) is 2. The number of amides is 1. The minimum absolute atomic E-state index is 0.397. The lowest BCUT2D eigenvalue weighted by molar-refractivity contribution is 0.251. The van der Waals surface area contributed by atoms with Crippen LogP contribution >= 0.6 is 0 Å². The smallest absolute Gasteiger partial charge is 0.323 e. The Bertz CT molecular complexity index is 673. The highest BCUT2D eigenvalue weighted by Crippen LogP contribution is 2.41. The summed E-state index contributed by atoms with van der Waals surface area (Å²) < 4.78 is 1.59. The number of benzene rings is 1. The second-order valence-electron chi connectivity index (χ2n) is 5.62. The molecule has 2 unspecified atom stereocenters. The molecule has 98 valence electrons. The van der Waals surface area contributed by atoms with E-state index in [0.717, 1.165) is 18.5 Å². The SMILES string of the molecule is NC(=O)n1cc2c3c(cccc31)C1CCCNC1C2. The maximum absolute atomic E-state index is 11.6. The number of carbonyl (C=O) groups is 1. The lowest BCUT2D eigenvalue weighted by Gasteiger charge is -2.36. The Balaban J connectivity index is 1.99. The fourth-order valence-corrected chi connectivity index (χ4v) is 3.82. The molecule has 0 radical (unpaired) electrons. The van der Waals surface area contributed by atoms with Crippen molar-refractivity contribution in [3.8, 4) is 0 Å². The van der Waals surface area contributed by atoms with E-state index in [1.54, 1.807) is 4.57 Å². The summed E-state index contributed by atoms with van der Waals surface area (Å²) in [6, 6.07) is 6.35. The first-order chi connectivity index (χ1) is 9.25. The van der Waals surface area contributed by atoms with Gasteiger partial charge in [-0.05, 0) is 43.0 Å². The molecule has 2 atom stereocenters. The molecule has 19 heavy (non-hydrogen) atoms. The van der Waals surface area contributed by atoms with Gasteiger partial charge in [-0.3, -0.25) is 4.57 Å². The summed E-state index contributed by atoms with van der Waals surface area (Å²) in [5.74, 6) is 0.577. The number of hydrogen-bond donors (Lipinski definition) is 2. The summed E-state index contributed by atoms with van der Waals surface area (Å²) in [4.78, 5) is 11.6. The van der Waals surface area contributed by atoms with Gasteiger partial charge in [-0.25, -0.2) is 4.79 Å². The molecule has 4 nitrogen and oxygen atoms in total. The van der Waals surface area contributed by atoms with Gasteiger partial charge < -0.3 is 11.1 Å². The van der Waals surface area contributed by atoms with E-state index in [1.807, 2.05) is 18.3 Å². The van der Waals surface area contributed by atoms with Gasteiger partial charge in [0, 0.05) is 23.5 Å². The Morgan fingerprint density at radius 3 is 3.16 bits per heavy atom. The van der Waals surface area contributed by atoms with E-state index in [9.17, 15) is 4.79 Å². The molecule has 1 saturated heterocycles. The van der Waals surface area contributed by atoms with E-state index in [2.05, 4.69) is 11.4 Å². The molecule has 1 aromatic heterocycles. The molecular weight excluding hydrogens is 238 g/mol. The highest BCUT2D eigenvalue weighted by Gasteiger charge is 2.33. The second kappa shape index (κ2) is 3.84. The number of nitrogens with zero attached hydrogens (tertiary/aromatic N) is 1. The molecule has 4 heteroatoms. The number of nitrogens with two attached hydrogens (primary N) is 1. The van der Waals surface area contributed by atoms with Crippen molar-refractivity contribution >= 4 is 16.9 Å². The van der Waals surface area contributed by atoms with Gasteiger partial charge in [0.05, 0.1) is 5.52 Å². The average Bonchev–Trinajstić information content (AvgIpc) is 2.80. The van der Waals surface area contributed by atoms with Crippen molar-refractivity contribution in [1.29, 1.82) is 0 Å². The Morgan fingerprint density at radius 2 is 2.32 bits per heavy atom. The molecule has 1 aromatic carbocycles. The molecule has 1 fully saturated rings. The van der Waals surface area contributed by atoms with Crippen molar-refractivity contribution < 1.29 is 4.79 Å². The minimum Gasteiger partial charge on any atom is -0.351 e. The van der Waals surface area contributed by atoms with Crippen molar-refractivity contribution in [3.05, 3.63) is 35.5 Å². The maximum Gasteiger partial charge on any atom is 0.323 e. The summed E-state index contributed by atoms with van der Waals surface area (Å²) in [5.41, 5.74) is 9.07. The topological polar surface area (TPSA) is 60.1 Å². The maximum atomic E-state index is 11.6. The number of nitrogens with one attached hydrogen (secondary N) is 1.